The monoisotopic (exact) mass is 358 g/mol. The number of nitrogens with one attached hydrogen (secondary N) is 2. The van der Waals surface area contributed by atoms with Crippen LogP contribution in [0.4, 0.5) is 11.8 Å². The van der Waals surface area contributed by atoms with E-state index in [1.165, 1.54) is 22.0 Å². The van der Waals surface area contributed by atoms with Crippen molar-refractivity contribution in [2.45, 2.75) is 13.0 Å². The lowest BCUT2D eigenvalue weighted by atomic mass is 10.1. The quantitative estimate of drug-likeness (QED) is 0.528. The Labute approximate surface area is 158 Å². The topological polar surface area (TPSA) is 69.7 Å². The Morgan fingerprint density at radius 1 is 1.04 bits per heavy atom. The van der Waals surface area contributed by atoms with E-state index in [1.807, 2.05) is 36.2 Å². The van der Waals surface area contributed by atoms with E-state index < -0.39 is 0 Å². The summed E-state index contributed by atoms with van der Waals surface area (Å²) in [6.07, 6.45) is 4.64. The highest BCUT2D eigenvalue weighted by atomic mass is 15.3. The number of hydrogen-bond acceptors (Lipinski definition) is 5. The SMILES string of the molecule is CN(Cc1ccccc1)c1nncc(NCCc2c[nH]c3ccccc23)n1. The number of aromatic amines is 1. The molecule has 0 aliphatic rings. The van der Waals surface area contributed by atoms with Crippen molar-refractivity contribution in [3.05, 3.63) is 78.1 Å². The number of H-pyrrole nitrogens is 1. The first-order chi connectivity index (χ1) is 13.3. The molecule has 6 heteroatoms. The van der Waals surface area contributed by atoms with Crippen LogP contribution in [-0.4, -0.2) is 33.8 Å². The van der Waals surface area contributed by atoms with E-state index >= 15 is 0 Å². The Morgan fingerprint density at radius 2 is 1.85 bits per heavy atom. The van der Waals surface area contributed by atoms with Gasteiger partial charge in [0.05, 0.1) is 6.20 Å². The molecule has 0 bridgehead atoms. The molecule has 0 unspecified atom stereocenters. The molecule has 2 heterocycles. The number of anilines is 2. The average molecular weight is 358 g/mol. The molecule has 0 saturated heterocycles. The molecular formula is C21H22N6. The Bertz CT molecular complexity index is 1010. The first-order valence-corrected chi connectivity index (χ1v) is 9.03. The number of para-hydroxylation sites is 1. The smallest absolute Gasteiger partial charge is 0.247 e. The molecule has 0 amide bonds. The van der Waals surface area contributed by atoms with Crippen LogP contribution < -0.4 is 10.2 Å². The lowest BCUT2D eigenvalue weighted by Crippen LogP contribution is -2.20. The van der Waals surface area contributed by atoms with Gasteiger partial charge in [0.25, 0.3) is 0 Å². The molecule has 0 radical (unpaired) electrons. The summed E-state index contributed by atoms with van der Waals surface area (Å²) in [5.41, 5.74) is 3.67. The van der Waals surface area contributed by atoms with Gasteiger partial charge in [-0.05, 0) is 23.6 Å². The van der Waals surface area contributed by atoms with Crippen LogP contribution in [0.15, 0.2) is 67.0 Å². The molecule has 27 heavy (non-hydrogen) atoms. The molecule has 2 aromatic heterocycles. The van der Waals surface area contributed by atoms with Gasteiger partial charge in [-0.2, -0.15) is 10.1 Å². The summed E-state index contributed by atoms with van der Waals surface area (Å²) < 4.78 is 0. The summed E-state index contributed by atoms with van der Waals surface area (Å²) in [6, 6.07) is 18.6. The predicted octanol–water partition coefficient (Wildman–Crippen LogP) is 3.64. The normalized spacial score (nSPS) is 10.9. The predicted molar refractivity (Wildman–Crippen MR) is 109 cm³/mol. The highest BCUT2D eigenvalue weighted by Crippen LogP contribution is 2.18. The molecule has 2 N–H and O–H groups in total. The Balaban J connectivity index is 1.37. The number of aromatic nitrogens is 4. The second kappa shape index (κ2) is 7.86. The highest BCUT2D eigenvalue weighted by Gasteiger charge is 2.08. The van der Waals surface area contributed by atoms with E-state index in [1.54, 1.807) is 6.20 Å². The molecule has 2 aromatic carbocycles. The first kappa shape index (κ1) is 17.0. The zero-order valence-corrected chi connectivity index (χ0v) is 15.3. The largest absolute Gasteiger partial charge is 0.368 e. The number of benzene rings is 2. The van der Waals surface area contributed by atoms with E-state index in [-0.39, 0.29) is 0 Å². The fraction of sp³-hybridized carbons (Fsp3) is 0.190. The Kier molecular flexibility index (Phi) is 4.96. The van der Waals surface area contributed by atoms with Gasteiger partial charge in [0.2, 0.25) is 5.95 Å². The van der Waals surface area contributed by atoms with Gasteiger partial charge in [-0.3, -0.25) is 0 Å². The van der Waals surface area contributed by atoms with Gasteiger partial charge >= 0.3 is 0 Å². The van der Waals surface area contributed by atoms with Crippen LogP contribution in [0, 0.1) is 0 Å². The highest BCUT2D eigenvalue weighted by molar-refractivity contribution is 5.83. The van der Waals surface area contributed by atoms with Crippen molar-refractivity contribution in [3.8, 4) is 0 Å². The molecule has 0 aliphatic heterocycles. The maximum Gasteiger partial charge on any atom is 0.247 e. The summed E-state index contributed by atoms with van der Waals surface area (Å²) in [6.45, 7) is 1.52. The summed E-state index contributed by atoms with van der Waals surface area (Å²) in [4.78, 5) is 9.89. The van der Waals surface area contributed by atoms with Crippen molar-refractivity contribution in [2.24, 2.45) is 0 Å². The van der Waals surface area contributed by atoms with Crippen molar-refractivity contribution in [2.75, 3.05) is 23.8 Å². The number of nitrogens with zero attached hydrogens (tertiary/aromatic N) is 4. The van der Waals surface area contributed by atoms with Crippen LogP contribution in [0.1, 0.15) is 11.1 Å². The maximum atomic E-state index is 4.58. The molecule has 0 atom stereocenters. The fourth-order valence-corrected chi connectivity index (χ4v) is 3.13. The lowest BCUT2D eigenvalue weighted by molar-refractivity contribution is 0.827. The summed E-state index contributed by atoms with van der Waals surface area (Å²) in [7, 11) is 1.97. The Hall–Kier alpha value is -3.41. The van der Waals surface area contributed by atoms with Gasteiger partial charge in [0, 0.05) is 37.2 Å². The minimum Gasteiger partial charge on any atom is -0.368 e. The van der Waals surface area contributed by atoms with Gasteiger partial charge < -0.3 is 15.2 Å². The summed E-state index contributed by atoms with van der Waals surface area (Å²) >= 11 is 0. The van der Waals surface area contributed by atoms with Gasteiger partial charge in [0.1, 0.15) is 0 Å². The van der Waals surface area contributed by atoms with E-state index in [2.05, 4.69) is 62.0 Å². The van der Waals surface area contributed by atoms with Crippen LogP contribution >= 0.6 is 0 Å². The van der Waals surface area contributed by atoms with Gasteiger partial charge in [-0.15, -0.1) is 5.10 Å². The van der Waals surface area contributed by atoms with E-state index in [0.717, 1.165) is 25.3 Å². The first-order valence-electron chi connectivity index (χ1n) is 9.03. The molecule has 0 saturated carbocycles. The fourth-order valence-electron chi connectivity index (χ4n) is 3.13. The van der Waals surface area contributed by atoms with E-state index in [4.69, 9.17) is 0 Å². The van der Waals surface area contributed by atoms with Crippen LogP contribution in [0.25, 0.3) is 10.9 Å². The minimum absolute atomic E-state index is 0.607. The van der Waals surface area contributed by atoms with Crippen molar-refractivity contribution >= 4 is 22.7 Å². The van der Waals surface area contributed by atoms with Crippen molar-refractivity contribution in [1.82, 2.24) is 20.2 Å². The minimum atomic E-state index is 0.607. The van der Waals surface area contributed by atoms with Crippen LogP contribution in [0.5, 0.6) is 0 Å². The Morgan fingerprint density at radius 3 is 2.74 bits per heavy atom. The molecule has 0 aliphatic carbocycles. The number of rotatable bonds is 7. The number of fused-ring (bicyclic) bond motifs is 1. The van der Waals surface area contributed by atoms with Crippen molar-refractivity contribution in [3.63, 3.8) is 0 Å². The zero-order valence-electron chi connectivity index (χ0n) is 15.3. The second-order valence-electron chi connectivity index (χ2n) is 6.52. The maximum absolute atomic E-state index is 4.58. The molecular weight excluding hydrogens is 336 g/mol. The molecule has 6 nitrogen and oxygen atoms in total. The van der Waals surface area contributed by atoms with Crippen molar-refractivity contribution < 1.29 is 0 Å². The average Bonchev–Trinajstić information content (AvgIpc) is 3.12. The van der Waals surface area contributed by atoms with E-state index in [9.17, 15) is 0 Å². The lowest BCUT2D eigenvalue weighted by Gasteiger charge is -2.17. The third-order valence-corrected chi connectivity index (χ3v) is 4.53. The molecule has 4 aromatic rings. The third kappa shape index (κ3) is 4.06. The third-order valence-electron chi connectivity index (χ3n) is 4.53. The van der Waals surface area contributed by atoms with Crippen LogP contribution in [-0.2, 0) is 13.0 Å². The van der Waals surface area contributed by atoms with Gasteiger partial charge in [0.15, 0.2) is 5.82 Å². The van der Waals surface area contributed by atoms with Gasteiger partial charge in [-0.25, -0.2) is 0 Å². The van der Waals surface area contributed by atoms with E-state index in [0.29, 0.717) is 5.95 Å². The summed E-state index contributed by atoms with van der Waals surface area (Å²) in [5, 5.41) is 12.9. The second-order valence-corrected chi connectivity index (χ2v) is 6.52. The van der Waals surface area contributed by atoms with Crippen LogP contribution in [0.3, 0.4) is 0 Å². The van der Waals surface area contributed by atoms with Crippen molar-refractivity contribution in [1.29, 1.82) is 0 Å². The van der Waals surface area contributed by atoms with Gasteiger partial charge in [-0.1, -0.05) is 48.5 Å². The molecule has 136 valence electrons. The molecule has 0 fully saturated rings. The standard InChI is InChI=1S/C21H22N6/c1-27(15-16-7-3-2-4-8-16)21-25-20(14-24-26-21)22-12-11-17-13-23-19-10-6-5-9-18(17)19/h2-10,13-14,23H,11-12,15H2,1H3,(H,22,25,26). The van der Waals surface area contributed by atoms with Crippen LogP contribution in [0.2, 0.25) is 0 Å². The number of hydrogen-bond donors (Lipinski definition) is 2. The zero-order chi connectivity index (χ0) is 18.5. The molecule has 4 rings (SSSR count). The molecule has 0 spiro atoms. The summed E-state index contributed by atoms with van der Waals surface area (Å²) in [5.74, 6) is 1.34.